The molecule has 1 aromatic rings. The first kappa shape index (κ1) is 15.7. The van der Waals surface area contributed by atoms with E-state index in [4.69, 9.17) is 16.3 Å². The fraction of sp³-hybridized carbons (Fsp3) is 0.364. The fourth-order valence-corrected chi connectivity index (χ4v) is 2.04. The normalized spacial score (nSPS) is 11.1. The highest BCUT2D eigenvalue weighted by molar-refractivity contribution is 7.89. The maximum atomic E-state index is 11.5. The molecule has 0 aliphatic carbocycles. The van der Waals surface area contributed by atoms with Crippen LogP contribution in [0.5, 0.6) is 5.75 Å². The van der Waals surface area contributed by atoms with Crippen LogP contribution in [0, 0.1) is 0 Å². The lowest BCUT2D eigenvalue weighted by Gasteiger charge is -2.08. The SMILES string of the molecule is CCS(=O)(=O)NCC(=O)Nc1ccc(OC)c(Cl)c1. The van der Waals surface area contributed by atoms with E-state index in [1.165, 1.54) is 20.1 Å². The van der Waals surface area contributed by atoms with Gasteiger partial charge in [0.25, 0.3) is 0 Å². The number of carbonyl (C=O) groups is 1. The lowest BCUT2D eigenvalue weighted by molar-refractivity contribution is -0.115. The van der Waals surface area contributed by atoms with E-state index in [0.717, 1.165) is 0 Å². The smallest absolute Gasteiger partial charge is 0.239 e. The Morgan fingerprint density at radius 3 is 2.63 bits per heavy atom. The second-order valence-electron chi connectivity index (χ2n) is 3.62. The van der Waals surface area contributed by atoms with Gasteiger partial charge in [-0.25, -0.2) is 13.1 Å². The first-order valence-corrected chi connectivity index (χ1v) is 7.51. The predicted molar refractivity (Wildman–Crippen MR) is 74.1 cm³/mol. The van der Waals surface area contributed by atoms with Crippen molar-refractivity contribution >= 4 is 33.2 Å². The molecule has 1 aromatic carbocycles. The van der Waals surface area contributed by atoms with Crippen LogP contribution in [-0.2, 0) is 14.8 Å². The molecule has 0 bridgehead atoms. The second-order valence-corrected chi connectivity index (χ2v) is 6.12. The highest BCUT2D eigenvalue weighted by Crippen LogP contribution is 2.26. The zero-order chi connectivity index (χ0) is 14.5. The lowest BCUT2D eigenvalue weighted by atomic mass is 10.3. The first-order valence-electron chi connectivity index (χ1n) is 5.48. The minimum absolute atomic E-state index is 0.0748. The van der Waals surface area contributed by atoms with E-state index in [2.05, 4.69) is 10.0 Å². The number of hydrogen-bond acceptors (Lipinski definition) is 4. The minimum Gasteiger partial charge on any atom is -0.495 e. The van der Waals surface area contributed by atoms with Gasteiger partial charge in [0.2, 0.25) is 15.9 Å². The van der Waals surface area contributed by atoms with Crippen LogP contribution in [0.4, 0.5) is 5.69 Å². The molecule has 106 valence electrons. The van der Waals surface area contributed by atoms with E-state index in [9.17, 15) is 13.2 Å². The molecule has 1 rings (SSSR count). The molecule has 0 saturated carbocycles. The highest BCUT2D eigenvalue weighted by atomic mass is 35.5. The predicted octanol–water partition coefficient (Wildman–Crippen LogP) is 1.23. The van der Waals surface area contributed by atoms with Gasteiger partial charge in [0, 0.05) is 5.69 Å². The molecule has 0 aliphatic heterocycles. The molecule has 0 atom stereocenters. The summed E-state index contributed by atoms with van der Waals surface area (Å²) in [5.74, 6) is -0.0566. The fourth-order valence-electron chi connectivity index (χ4n) is 1.23. The van der Waals surface area contributed by atoms with Gasteiger partial charge in [-0.15, -0.1) is 0 Å². The van der Waals surface area contributed by atoms with Crippen molar-refractivity contribution in [2.45, 2.75) is 6.92 Å². The summed E-state index contributed by atoms with van der Waals surface area (Å²) in [6.07, 6.45) is 0. The number of rotatable bonds is 6. The van der Waals surface area contributed by atoms with Crippen molar-refractivity contribution in [1.29, 1.82) is 0 Å². The van der Waals surface area contributed by atoms with Crippen LogP contribution in [0.3, 0.4) is 0 Å². The van der Waals surface area contributed by atoms with Gasteiger partial charge in [-0.05, 0) is 25.1 Å². The van der Waals surface area contributed by atoms with E-state index in [1.807, 2.05) is 0 Å². The average Bonchev–Trinajstić information content (AvgIpc) is 2.37. The largest absolute Gasteiger partial charge is 0.495 e. The molecule has 0 radical (unpaired) electrons. The molecule has 0 fully saturated rings. The molecule has 1 amide bonds. The van der Waals surface area contributed by atoms with Gasteiger partial charge in [-0.3, -0.25) is 4.79 Å². The minimum atomic E-state index is -3.38. The molecule has 0 unspecified atom stereocenters. The van der Waals surface area contributed by atoms with Crippen LogP contribution in [0.2, 0.25) is 5.02 Å². The van der Waals surface area contributed by atoms with Crippen LogP contribution >= 0.6 is 11.6 Å². The van der Waals surface area contributed by atoms with Crippen LogP contribution in [0.15, 0.2) is 18.2 Å². The van der Waals surface area contributed by atoms with Gasteiger partial charge < -0.3 is 10.1 Å². The Hall–Kier alpha value is -1.31. The molecule has 0 aliphatic rings. The molecular formula is C11H15ClN2O4S. The summed E-state index contributed by atoms with van der Waals surface area (Å²) in [4.78, 5) is 11.5. The summed E-state index contributed by atoms with van der Waals surface area (Å²) in [5, 5.41) is 2.88. The zero-order valence-electron chi connectivity index (χ0n) is 10.6. The average molecular weight is 307 g/mol. The summed E-state index contributed by atoms with van der Waals surface area (Å²) < 4.78 is 29.5. The third-order valence-corrected chi connectivity index (χ3v) is 3.91. The Balaban J connectivity index is 2.60. The number of benzene rings is 1. The zero-order valence-corrected chi connectivity index (χ0v) is 12.1. The van der Waals surface area contributed by atoms with Gasteiger partial charge in [-0.2, -0.15) is 0 Å². The molecule has 6 nitrogen and oxygen atoms in total. The number of sulfonamides is 1. The van der Waals surface area contributed by atoms with E-state index in [1.54, 1.807) is 12.1 Å². The summed E-state index contributed by atoms with van der Waals surface area (Å²) in [5.41, 5.74) is 0.464. The van der Waals surface area contributed by atoms with Crippen molar-refractivity contribution in [2.24, 2.45) is 0 Å². The third-order valence-electron chi connectivity index (χ3n) is 2.27. The highest BCUT2D eigenvalue weighted by Gasteiger charge is 2.10. The molecule has 8 heteroatoms. The monoisotopic (exact) mass is 306 g/mol. The number of methoxy groups -OCH3 is 1. The third kappa shape index (κ3) is 5.06. The molecular weight excluding hydrogens is 292 g/mol. The summed E-state index contributed by atoms with van der Waals surface area (Å²) >= 11 is 5.90. The molecule has 0 aromatic heterocycles. The van der Waals surface area contributed by atoms with Crippen molar-refractivity contribution in [2.75, 3.05) is 24.7 Å². The Labute approximate surface area is 117 Å². The van der Waals surface area contributed by atoms with E-state index < -0.39 is 15.9 Å². The second kappa shape index (κ2) is 6.74. The van der Waals surface area contributed by atoms with E-state index in [0.29, 0.717) is 16.5 Å². The van der Waals surface area contributed by atoms with Crippen molar-refractivity contribution in [3.05, 3.63) is 23.2 Å². The maximum Gasteiger partial charge on any atom is 0.239 e. The number of hydrogen-bond donors (Lipinski definition) is 2. The van der Waals surface area contributed by atoms with Gasteiger partial charge in [-0.1, -0.05) is 11.6 Å². The van der Waals surface area contributed by atoms with E-state index in [-0.39, 0.29) is 12.3 Å². The van der Waals surface area contributed by atoms with Crippen LogP contribution in [0.1, 0.15) is 6.92 Å². The number of halogens is 1. The van der Waals surface area contributed by atoms with Crippen molar-refractivity contribution in [1.82, 2.24) is 4.72 Å². The van der Waals surface area contributed by atoms with Gasteiger partial charge in [0.05, 0.1) is 24.4 Å². The quantitative estimate of drug-likeness (QED) is 0.828. The van der Waals surface area contributed by atoms with Crippen LogP contribution in [0.25, 0.3) is 0 Å². The lowest BCUT2D eigenvalue weighted by Crippen LogP contribution is -2.33. The molecule has 0 heterocycles. The summed E-state index contributed by atoms with van der Waals surface area (Å²) in [7, 11) is -1.90. The Kier molecular flexibility index (Phi) is 5.59. The van der Waals surface area contributed by atoms with E-state index >= 15 is 0 Å². The number of anilines is 1. The number of nitrogens with one attached hydrogen (secondary N) is 2. The van der Waals surface area contributed by atoms with Crippen molar-refractivity contribution in [3.8, 4) is 5.75 Å². The molecule has 0 spiro atoms. The maximum absolute atomic E-state index is 11.5. The van der Waals surface area contributed by atoms with Crippen molar-refractivity contribution < 1.29 is 17.9 Å². The molecule has 19 heavy (non-hydrogen) atoms. The van der Waals surface area contributed by atoms with Crippen LogP contribution in [-0.4, -0.2) is 33.7 Å². The number of amides is 1. The van der Waals surface area contributed by atoms with Gasteiger partial charge >= 0.3 is 0 Å². The van der Waals surface area contributed by atoms with Crippen LogP contribution < -0.4 is 14.8 Å². The topological polar surface area (TPSA) is 84.5 Å². The standard InChI is InChI=1S/C11H15ClN2O4S/c1-3-19(16,17)13-7-11(15)14-8-4-5-10(18-2)9(12)6-8/h4-6,13H,3,7H2,1-2H3,(H,14,15). The molecule has 0 saturated heterocycles. The Bertz CT molecular complexity index is 560. The summed E-state index contributed by atoms with van der Waals surface area (Å²) in [6.45, 7) is 1.17. The first-order chi connectivity index (χ1) is 8.88. The number of ether oxygens (including phenoxy) is 1. The number of carbonyl (C=O) groups excluding carboxylic acids is 1. The summed E-state index contributed by atoms with van der Waals surface area (Å²) in [6, 6.07) is 4.73. The van der Waals surface area contributed by atoms with Gasteiger partial charge in [0.1, 0.15) is 5.75 Å². The Morgan fingerprint density at radius 1 is 1.42 bits per heavy atom. The molecule has 2 N–H and O–H groups in total. The Morgan fingerprint density at radius 2 is 2.11 bits per heavy atom. The van der Waals surface area contributed by atoms with Crippen molar-refractivity contribution in [3.63, 3.8) is 0 Å². The van der Waals surface area contributed by atoms with Gasteiger partial charge in [0.15, 0.2) is 0 Å².